The van der Waals surface area contributed by atoms with Crippen molar-refractivity contribution in [2.45, 2.75) is 45.1 Å². The lowest BCUT2D eigenvalue weighted by Gasteiger charge is -2.41. The van der Waals surface area contributed by atoms with Crippen molar-refractivity contribution >= 4 is 11.7 Å². The van der Waals surface area contributed by atoms with Gasteiger partial charge in [-0.05, 0) is 55.4 Å². The molecule has 0 spiro atoms. The van der Waals surface area contributed by atoms with Crippen LogP contribution in [0.3, 0.4) is 0 Å². The van der Waals surface area contributed by atoms with Gasteiger partial charge in [-0.15, -0.1) is 0 Å². The number of carbonyl (C=O) groups is 1. The smallest absolute Gasteiger partial charge is 0.329 e. The van der Waals surface area contributed by atoms with Gasteiger partial charge in [0.25, 0.3) is 0 Å². The standard InChI is InChI=1S/C15H20FNO2/c1-14(2)7-9-15(10-8-14,13(18)19)17-12-5-3-11(16)4-6-12/h3-6,17H,7-10H2,1-2H3,(H,18,19). The van der Waals surface area contributed by atoms with E-state index in [1.807, 2.05) is 0 Å². The average Bonchev–Trinajstić information content (AvgIpc) is 2.35. The van der Waals surface area contributed by atoms with Gasteiger partial charge in [0.2, 0.25) is 0 Å². The first kappa shape index (κ1) is 13.8. The molecule has 1 aromatic rings. The summed E-state index contributed by atoms with van der Waals surface area (Å²) < 4.78 is 12.9. The molecule has 0 heterocycles. The van der Waals surface area contributed by atoms with Gasteiger partial charge in [-0.2, -0.15) is 0 Å². The minimum absolute atomic E-state index is 0.198. The summed E-state index contributed by atoms with van der Waals surface area (Å²) in [5.74, 6) is -1.15. The van der Waals surface area contributed by atoms with Crippen molar-refractivity contribution in [3.05, 3.63) is 30.1 Å². The second-order valence-electron chi connectivity index (χ2n) is 6.18. The van der Waals surface area contributed by atoms with Gasteiger partial charge < -0.3 is 10.4 Å². The number of hydrogen-bond acceptors (Lipinski definition) is 2. The van der Waals surface area contributed by atoms with Gasteiger partial charge in [0, 0.05) is 5.69 Å². The Hall–Kier alpha value is -1.58. The number of halogens is 1. The van der Waals surface area contributed by atoms with Crippen LogP contribution in [0.5, 0.6) is 0 Å². The largest absolute Gasteiger partial charge is 0.480 e. The quantitative estimate of drug-likeness (QED) is 0.876. The SMILES string of the molecule is CC1(C)CCC(Nc2ccc(F)cc2)(C(=O)O)CC1. The van der Waals surface area contributed by atoms with Crippen LogP contribution in [-0.4, -0.2) is 16.6 Å². The highest BCUT2D eigenvalue weighted by molar-refractivity contribution is 5.83. The zero-order chi connectivity index (χ0) is 14.1. The molecule has 0 unspecified atom stereocenters. The molecule has 19 heavy (non-hydrogen) atoms. The molecule has 0 bridgehead atoms. The van der Waals surface area contributed by atoms with Gasteiger partial charge in [0.05, 0.1) is 0 Å². The van der Waals surface area contributed by atoms with Gasteiger partial charge in [0.15, 0.2) is 0 Å². The van der Waals surface area contributed by atoms with Crippen LogP contribution in [0.2, 0.25) is 0 Å². The molecule has 0 radical (unpaired) electrons. The Morgan fingerprint density at radius 2 is 1.68 bits per heavy atom. The lowest BCUT2D eigenvalue weighted by molar-refractivity contribution is -0.144. The molecule has 1 aliphatic carbocycles. The molecular weight excluding hydrogens is 245 g/mol. The van der Waals surface area contributed by atoms with Crippen LogP contribution in [0, 0.1) is 11.2 Å². The van der Waals surface area contributed by atoms with Crippen molar-refractivity contribution in [3.8, 4) is 0 Å². The zero-order valence-corrected chi connectivity index (χ0v) is 11.4. The lowest BCUT2D eigenvalue weighted by atomic mass is 9.69. The van der Waals surface area contributed by atoms with Crippen LogP contribution in [0.4, 0.5) is 10.1 Å². The first-order valence-corrected chi connectivity index (χ1v) is 6.60. The fourth-order valence-corrected chi connectivity index (χ4v) is 2.56. The highest BCUT2D eigenvalue weighted by Crippen LogP contribution is 2.41. The van der Waals surface area contributed by atoms with Crippen LogP contribution in [0.15, 0.2) is 24.3 Å². The molecule has 0 atom stereocenters. The fourth-order valence-electron chi connectivity index (χ4n) is 2.56. The third kappa shape index (κ3) is 3.06. The normalized spacial score (nSPS) is 20.8. The number of carboxylic acid groups (broad SMARTS) is 1. The van der Waals surface area contributed by atoms with E-state index in [4.69, 9.17) is 0 Å². The van der Waals surface area contributed by atoms with Crippen LogP contribution in [0.1, 0.15) is 39.5 Å². The molecule has 1 fully saturated rings. The molecule has 1 aromatic carbocycles. The van der Waals surface area contributed by atoms with Gasteiger partial charge in [0.1, 0.15) is 11.4 Å². The van der Waals surface area contributed by atoms with E-state index in [0.717, 1.165) is 12.8 Å². The molecule has 1 saturated carbocycles. The summed E-state index contributed by atoms with van der Waals surface area (Å²) in [5, 5.41) is 12.6. The van der Waals surface area contributed by atoms with Crippen LogP contribution < -0.4 is 5.32 Å². The van der Waals surface area contributed by atoms with Crippen LogP contribution in [-0.2, 0) is 4.79 Å². The second kappa shape index (κ2) is 4.83. The second-order valence-corrected chi connectivity index (χ2v) is 6.18. The summed E-state index contributed by atoms with van der Waals surface area (Å²) >= 11 is 0. The third-order valence-corrected chi connectivity index (χ3v) is 4.09. The van der Waals surface area contributed by atoms with Crippen molar-refractivity contribution in [2.75, 3.05) is 5.32 Å². The molecule has 4 heteroatoms. The number of anilines is 1. The van der Waals surface area contributed by atoms with E-state index in [2.05, 4.69) is 19.2 Å². The monoisotopic (exact) mass is 265 g/mol. The first-order valence-electron chi connectivity index (χ1n) is 6.60. The molecule has 2 N–H and O–H groups in total. The van der Waals surface area contributed by atoms with Gasteiger partial charge in [-0.3, -0.25) is 0 Å². The van der Waals surface area contributed by atoms with Gasteiger partial charge >= 0.3 is 5.97 Å². The highest BCUT2D eigenvalue weighted by atomic mass is 19.1. The summed E-state index contributed by atoms with van der Waals surface area (Å²) in [6.07, 6.45) is 2.92. The highest BCUT2D eigenvalue weighted by Gasteiger charge is 2.44. The van der Waals surface area contributed by atoms with E-state index in [-0.39, 0.29) is 11.2 Å². The van der Waals surface area contributed by atoms with E-state index in [1.54, 1.807) is 12.1 Å². The maximum absolute atomic E-state index is 12.9. The van der Waals surface area contributed by atoms with E-state index in [0.29, 0.717) is 18.5 Å². The Bertz CT molecular complexity index is 458. The fraction of sp³-hybridized carbons (Fsp3) is 0.533. The zero-order valence-electron chi connectivity index (χ0n) is 11.4. The summed E-state index contributed by atoms with van der Waals surface area (Å²) in [4.78, 5) is 11.6. The molecule has 0 aliphatic heterocycles. The average molecular weight is 265 g/mol. The summed E-state index contributed by atoms with van der Waals surface area (Å²) in [7, 11) is 0. The molecule has 0 amide bonds. The van der Waals surface area contributed by atoms with Crippen molar-refractivity contribution < 1.29 is 14.3 Å². The van der Waals surface area contributed by atoms with E-state index >= 15 is 0 Å². The Kier molecular flexibility index (Phi) is 3.52. The van der Waals surface area contributed by atoms with Crippen molar-refractivity contribution in [1.82, 2.24) is 0 Å². The minimum Gasteiger partial charge on any atom is -0.480 e. The molecule has 2 rings (SSSR count). The van der Waals surface area contributed by atoms with Crippen molar-refractivity contribution in [3.63, 3.8) is 0 Å². The first-order chi connectivity index (χ1) is 8.83. The van der Waals surface area contributed by atoms with Crippen LogP contribution >= 0.6 is 0 Å². The molecule has 1 aliphatic rings. The number of aliphatic carboxylic acids is 1. The number of hydrogen-bond donors (Lipinski definition) is 2. The summed E-state index contributed by atoms with van der Waals surface area (Å²) in [5.41, 5.74) is -0.0694. The summed E-state index contributed by atoms with van der Waals surface area (Å²) in [6, 6.07) is 5.84. The number of nitrogens with one attached hydrogen (secondary N) is 1. The maximum Gasteiger partial charge on any atom is 0.329 e. The molecule has 3 nitrogen and oxygen atoms in total. The number of rotatable bonds is 3. The minimum atomic E-state index is -0.923. The van der Waals surface area contributed by atoms with Crippen molar-refractivity contribution in [1.29, 1.82) is 0 Å². The van der Waals surface area contributed by atoms with Crippen molar-refractivity contribution in [2.24, 2.45) is 5.41 Å². The predicted molar refractivity (Wildman–Crippen MR) is 72.6 cm³/mol. The Morgan fingerprint density at radius 1 is 1.16 bits per heavy atom. The molecule has 0 saturated heterocycles. The van der Waals surface area contributed by atoms with E-state index < -0.39 is 11.5 Å². The topological polar surface area (TPSA) is 49.3 Å². The lowest BCUT2D eigenvalue weighted by Crippen LogP contribution is -2.50. The number of carboxylic acids is 1. The molecule has 104 valence electrons. The molecular formula is C15H20FNO2. The summed E-state index contributed by atoms with van der Waals surface area (Å²) in [6.45, 7) is 4.33. The Labute approximate surface area is 112 Å². The van der Waals surface area contributed by atoms with Gasteiger partial charge in [-0.1, -0.05) is 13.8 Å². The van der Waals surface area contributed by atoms with E-state index in [1.165, 1.54) is 12.1 Å². The van der Waals surface area contributed by atoms with E-state index in [9.17, 15) is 14.3 Å². The third-order valence-electron chi connectivity index (χ3n) is 4.09. The van der Waals surface area contributed by atoms with Gasteiger partial charge in [-0.25, -0.2) is 9.18 Å². The molecule has 0 aromatic heterocycles. The number of benzene rings is 1. The predicted octanol–water partition coefficient (Wildman–Crippen LogP) is 3.66. The Balaban J connectivity index is 2.17. The maximum atomic E-state index is 12.9. The Morgan fingerprint density at radius 3 is 2.16 bits per heavy atom. The van der Waals surface area contributed by atoms with Crippen LogP contribution in [0.25, 0.3) is 0 Å².